The van der Waals surface area contributed by atoms with Crippen LogP contribution in [0.25, 0.3) is 0 Å². The Morgan fingerprint density at radius 2 is 1.79 bits per heavy atom. The number of hydrogen-bond donors (Lipinski definition) is 1. The third-order valence-corrected chi connectivity index (χ3v) is 4.45. The van der Waals surface area contributed by atoms with E-state index in [-0.39, 0.29) is 0 Å². The summed E-state index contributed by atoms with van der Waals surface area (Å²) in [6.45, 7) is 9.23. The predicted octanol–water partition coefficient (Wildman–Crippen LogP) is 3.58. The molecular weight excluding hydrogens is 252 g/mol. The Balaban J connectivity index is 2.12. The van der Waals surface area contributed by atoms with Gasteiger partial charge in [0, 0.05) is 24.3 Å². The number of para-hydroxylation sites is 1. The Morgan fingerprint density at radius 1 is 1.21 bits per heavy atom. The van der Waals surface area contributed by atoms with Gasteiger partial charge in [0.25, 0.3) is 0 Å². The molecule has 1 aliphatic rings. The minimum atomic E-state index is 0.411. The van der Waals surface area contributed by atoms with Gasteiger partial charge in [-0.1, -0.05) is 45.1 Å². The average Bonchev–Trinajstić information content (AvgIpc) is 2.38. The summed E-state index contributed by atoms with van der Waals surface area (Å²) in [4.78, 5) is 2.92. The Hall–Kier alpha value is -1.09. The second-order valence-electron chi connectivity index (χ2n) is 6.51. The van der Waals surface area contributed by atoms with Crippen LogP contribution in [0.4, 0.5) is 5.69 Å². The van der Waals surface area contributed by atoms with Gasteiger partial charge in [0.1, 0.15) is 4.99 Å². The lowest BCUT2D eigenvalue weighted by molar-refractivity contribution is 0.199. The first-order valence-electron chi connectivity index (χ1n) is 7.03. The van der Waals surface area contributed by atoms with Crippen LogP contribution in [-0.4, -0.2) is 18.1 Å². The number of rotatable bonds is 2. The van der Waals surface area contributed by atoms with Crippen molar-refractivity contribution in [1.82, 2.24) is 0 Å². The van der Waals surface area contributed by atoms with Gasteiger partial charge in [0.15, 0.2) is 0 Å². The fourth-order valence-electron chi connectivity index (χ4n) is 2.94. The molecule has 1 aromatic carbocycles. The maximum absolute atomic E-state index is 5.82. The maximum atomic E-state index is 5.82. The zero-order valence-corrected chi connectivity index (χ0v) is 13.0. The molecule has 0 unspecified atom stereocenters. The smallest absolute Gasteiger partial charge is 0.106 e. The number of hydrogen-bond acceptors (Lipinski definition) is 2. The molecular formula is C16H24N2S. The van der Waals surface area contributed by atoms with Crippen molar-refractivity contribution in [3.8, 4) is 0 Å². The molecule has 1 fully saturated rings. The van der Waals surface area contributed by atoms with E-state index in [4.69, 9.17) is 18.0 Å². The highest BCUT2D eigenvalue weighted by Gasteiger charge is 2.29. The molecule has 2 N–H and O–H groups in total. The third kappa shape index (κ3) is 3.27. The van der Waals surface area contributed by atoms with Gasteiger partial charge in [-0.15, -0.1) is 0 Å². The van der Waals surface area contributed by atoms with Crippen LogP contribution in [0.15, 0.2) is 24.3 Å². The average molecular weight is 276 g/mol. The molecule has 2 nitrogen and oxygen atoms in total. The second kappa shape index (κ2) is 5.49. The molecule has 2 rings (SSSR count). The van der Waals surface area contributed by atoms with Crippen LogP contribution in [0.5, 0.6) is 0 Å². The van der Waals surface area contributed by atoms with Crippen LogP contribution in [0.3, 0.4) is 0 Å². The number of nitrogens with two attached hydrogens (primary N) is 1. The Labute approximate surface area is 122 Å². The largest absolute Gasteiger partial charge is 0.389 e. The first-order valence-corrected chi connectivity index (χ1v) is 7.44. The van der Waals surface area contributed by atoms with Crippen molar-refractivity contribution < 1.29 is 0 Å². The van der Waals surface area contributed by atoms with E-state index in [0.717, 1.165) is 24.6 Å². The van der Waals surface area contributed by atoms with E-state index >= 15 is 0 Å². The highest BCUT2D eigenvalue weighted by molar-refractivity contribution is 7.80. The zero-order chi connectivity index (χ0) is 14.0. The monoisotopic (exact) mass is 276 g/mol. The van der Waals surface area contributed by atoms with Gasteiger partial charge in [-0.05, 0) is 36.3 Å². The molecule has 0 atom stereocenters. The van der Waals surface area contributed by atoms with Gasteiger partial charge in [0.2, 0.25) is 0 Å². The van der Waals surface area contributed by atoms with E-state index in [0.29, 0.717) is 10.4 Å². The summed E-state index contributed by atoms with van der Waals surface area (Å²) in [6.07, 6.45) is 2.49. The lowest BCUT2D eigenvalue weighted by atomic mass is 9.75. The molecule has 1 aliphatic heterocycles. The van der Waals surface area contributed by atoms with Crippen molar-refractivity contribution >= 4 is 22.9 Å². The van der Waals surface area contributed by atoms with E-state index < -0.39 is 0 Å². The quantitative estimate of drug-likeness (QED) is 0.837. The summed E-state index contributed by atoms with van der Waals surface area (Å²) in [6, 6.07) is 8.21. The molecule has 0 amide bonds. The first-order chi connectivity index (χ1) is 8.89. The minimum absolute atomic E-state index is 0.411. The van der Waals surface area contributed by atoms with E-state index in [1.165, 1.54) is 18.5 Å². The van der Waals surface area contributed by atoms with Crippen LogP contribution in [-0.2, 0) is 0 Å². The van der Waals surface area contributed by atoms with E-state index in [1.807, 2.05) is 12.1 Å². The summed E-state index contributed by atoms with van der Waals surface area (Å²) >= 11 is 5.15. The van der Waals surface area contributed by atoms with Crippen molar-refractivity contribution in [3.05, 3.63) is 29.8 Å². The van der Waals surface area contributed by atoms with Gasteiger partial charge in [-0.25, -0.2) is 0 Å². The van der Waals surface area contributed by atoms with Crippen LogP contribution in [0.2, 0.25) is 0 Å². The van der Waals surface area contributed by atoms with Gasteiger partial charge in [-0.3, -0.25) is 0 Å². The Kier molecular flexibility index (Phi) is 4.14. The van der Waals surface area contributed by atoms with Crippen LogP contribution in [0.1, 0.15) is 39.2 Å². The molecule has 1 saturated heterocycles. The number of piperidine rings is 1. The zero-order valence-electron chi connectivity index (χ0n) is 12.1. The number of thiocarbonyl (C=S) groups is 1. The minimum Gasteiger partial charge on any atom is -0.389 e. The molecule has 0 saturated carbocycles. The van der Waals surface area contributed by atoms with Crippen molar-refractivity contribution in [1.29, 1.82) is 0 Å². The SMILES string of the molecule is CC(C)(C)C1CCN(c2ccccc2C(N)=S)CC1. The number of benzene rings is 1. The molecule has 0 aliphatic carbocycles. The molecule has 19 heavy (non-hydrogen) atoms. The number of anilines is 1. The van der Waals surface area contributed by atoms with Crippen LogP contribution >= 0.6 is 12.2 Å². The molecule has 0 spiro atoms. The molecule has 0 bridgehead atoms. The van der Waals surface area contributed by atoms with Crippen molar-refractivity contribution in [2.75, 3.05) is 18.0 Å². The molecule has 1 heterocycles. The lowest BCUT2D eigenvalue weighted by Gasteiger charge is -2.40. The first kappa shape index (κ1) is 14.3. The highest BCUT2D eigenvalue weighted by Crippen LogP contribution is 2.36. The molecule has 3 heteroatoms. The Bertz CT molecular complexity index is 454. The van der Waals surface area contributed by atoms with E-state index in [9.17, 15) is 0 Å². The topological polar surface area (TPSA) is 29.3 Å². The standard InChI is InChI=1S/C16H24N2S/c1-16(2,3)12-8-10-18(11-9-12)14-7-5-4-6-13(14)15(17)19/h4-7,12H,8-11H2,1-3H3,(H2,17,19). The second-order valence-corrected chi connectivity index (χ2v) is 6.95. The molecule has 1 aromatic rings. The van der Waals surface area contributed by atoms with Crippen molar-refractivity contribution in [3.63, 3.8) is 0 Å². The predicted molar refractivity (Wildman–Crippen MR) is 86.7 cm³/mol. The van der Waals surface area contributed by atoms with E-state index in [2.05, 4.69) is 37.8 Å². The molecule has 0 aromatic heterocycles. The van der Waals surface area contributed by atoms with Gasteiger partial charge in [0.05, 0.1) is 0 Å². The van der Waals surface area contributed by atoms with E-state index in [1.54, 1.807) is 0 Å². The normalized spacial score (nSPS) is 17.5. The maximum Gasteiger partial charge on any atom is 0.106 e. The van der Waals surface area contributed by atoms with Gasteiger partial charge < -0.3 is 10.6 Å². The third-order valence-electron chi connectivity index (χ3n) is 4.23. The fourth-order valence-corrected chi connectivity index (χ4v) is 3.12. The summed E-state index contributed by atoms with van der Waals surface area (Å²) in [5.74, 6) is 0.806. The van der Waals surface area contributed by atoms with Crippen molar-refractivity contribution in [2.45, 2.75) is 33.6 Å². The summed E-state index contributed by atoms with van der Waals surface area (Å²) in [7, 11) is 0. The van der Waals surface area contributed by atoms with Gasteiger partial charge >= 0.3 is 0 Å². The fraction of sp³-hybridized carbons (Fsp3) is 0.562. The summed E-state index contributed by atoms with van der Waals surface area (Å²) < 4.78 is 0. The molecule has 104 valence electrons. The van der Waals surface area contributed by atoms with Gasteiger partial charge in [-0.2, -0.15) is 0 Å². The summed E-state index contributed by atoms with van der Waals surface area (Å²) in [5.41, 5.74) is 8.44. The van der Waals surface area contributed by atoms with Crippen LogP contribution < -0.4 is 10.6 Å². The van der Waals surface area contributed by atoms with Crippen LogP contribution in [0, 0.1) is 11.3 Å². The Morgan fingerprint density at radius 3 is 2.32 bits per heavy atom. The highest BCUT2D eigenvalue weighted by atomic mass is 32.1. The lowest BCUT2D eigenvalue weighted by Crippen LogP contribution is -2.38. The van der Waals surface area contributed by atoms with Crippen molar-refractivity contribution in [2.24, 2.45) is 17.1 Å². The molecule has 0 radical (unpaired) electrons. The summed E-state index contributed by atoms with van der Waals surface area (Å²) in [5, 5.41) is 0. The number of nitrogens with zero attached hydrogens (tertiary/aromatic N) is 1.